The summed E-state index contributed by atoms with van der Waals surface area (Å²) in [6.07, 6.45) is 0.375. The zero-order valence-electron chi connectivity index (χ0n) is 18.9. The number of carbonyl (C=O) groups excluding carboxylic acids is 1. The van der Waals surface area contributed by atoms with Gasteiger partial charge in [0.15, 0.2) is 0 Å². The summed E-state index contributed by atoms with van der Waals surface area (Å²) in [5, 5.41) is 19.8. The number of aliphatic hydroxyl groups is 1. The van der Waals surface area contributed by atoms with Gasteiger partial charge in [0.05, 0.1) is 24.2 Å². The van der Waals surface area contributed by atoms with Crippen LogP contribution >= 0.6 is 0 Å². The van der Waals surface area contributed by atoms with E-state index in [1.54, 1.807) is 29.0 Å². The first kappa shape index (κ1) is 23.9. The van der Waals surface area contributed by atoms with E-state index in [0.29, 0.717) is 18.4 Å². The number of anilines is 1. The Morgan fingerprint density at radius 2 is 1.97 bits per heavy atom. The molecule has 0 bridgehead atoms. The van der Waals surface area contributed by atoms with Crippen LogP contribution in [0.15, 0.2) is 30.6 Å². The highest BCUT2D eigenvalue weighted by atomic mass is 19.4. The fourth-order valence-electron chi connectivity index (χ4n) is 4.44. The maximum atomic E-state index is 12.8. The Hall–Kier alpha value is -3.21. The molecule has 0 radical (unpaired) electrons. The average molecular weight is 477 g/mol. The molecule has 8 nitrogen and oxygen atoms in total. The van der Waals surface area contributed by atoms with Gasteiger partial charge in [-0.1, -0.05) is 0 Å². The summed E-state index contributed by atoms with van der Waals surface area (Å²) in [7, 11) is 1.53. The number of fused-ring (bicyclic) bond motifs is 1. The molecule has 0 saturated heterocycles. The van der Waals surface area contributed by atoms with Crippen molar-refractivity contribution in [3.63, 3.8) is 0 Å². The number of pyridine rings is 1. The number of nitrogens with one attached hydrogen (secondary N) is 2. The first-order chi connectivity index (χ1) is 16.1. The summed E-state index contributed by atoms with van der Waals surface area (Å²) < 4.78 is 40.0. The van der Waals surface area contributed by atoms with Gasteiger partial charge in [-0.15, -0.1) is 5.10 Å². The number of hydrogen-bond acceptors (Lipinski definition) is 6. The maximum absolute atomic E-state index is 12.8. The van der Waals surface area contributed by atoms with E-state index in [0.717, 1.165) is 29.7 Å². The Kier molecular flexibility index (Phi) is 6.74. The highest BCUT2D eigenvalue weighted by Gasteiger charge is 2.30. The fourth-order valence-corrected chi connectivity index (χ4v) is 4.44. The van der Waals surface area contributed by atoms with Crippen LogP contribution in [0.5, 0.6) is 0 Å². The molecule has 11 heteroatoms. The van der Waals surface area contributed by atoms with Crippen LogP contribution in [0.1, 0.15) is 61.1 Å². The minimum atomic E-state index is -4.30. The van der Waals surface area contributed by atoms with Gasteiger partial charge < -0.3 is 15.7 Å². The number of aromatic nitrogens is 4. The summed E-state index contributed by atoms with van der Waals surface area (Å²) in [5.74, 6) is -0.0854. The van der Waals surface area contributed by atoms with Crippen LogP contribution in [0.4, 0.5) is 19.1 Å². The first-order valence-electron chi connectivity index (χ1n) is 11.2. The number of rotatable bonds is 6. The molecule has 3 heterocycles. The Morgan fingerprint density at radius 1 is 1.24 bits per heavy atom. The number of hydrogen-bond donors (Lipinski definition) is 3. The van der Waals surface area contributed by atoms with E-state index < -0.39 is 18.6 Å². The molecule has 1 atom stereocenters. The lowest BCUT2D eigenvalue weighted by Gasteiger charge is -2.25. The van der Waals surface area contributed by atoms with Gasteiger partial charge in [0, 0.05) is 36.5 Å². The van der Waals surface area contributed by atoms with E-state index in [1.807, 2.05) is 6.07 Å². The molecule has 3 aromatic heterocycles. The Labute approximate surface area is 194 Å². The average Bonchev–Trinajstić information content (AvgIpc) is 3.16. The smallest absolute Gasteiger partial charge is 0.391 e. The number of alkyl halides is 3. The van der Waals surface area contributed by atoms with Gasteiger partial charge in [0.1, 0.15) is 5.69 Å². The summed E-state index contributed by atoms with van der Waals surface area (Å²) in [6.45, 7) is 1.43. The van der Waals surface area contributed by atoms with Gasteiger partial charge in [-0.05, 0) is 56.4 Å². The maximum Gasteiger partial charge on any atom is 0.391 e. The summed E-state index contributed by atoms with van der Waals surface area (Å²) >= 11 is 0. The zero-order chi connectivity index (χ0) is 24.5. The molecule has 1 fully saturated rings. The molecule has 0 aliphatic heterocycles. The third-order valence-electron chi connectivity index (χ3n) is 6.10. The van der Waals surface area contributed by atoms with Crippen molar-refractivity contribution in [2.75, 3.05) is 12.4 Å². The summed E-state index contributed by atoms with van der Waals surface area (Å²) in [6, 6.07) is 4.56. The fraction of sp³-hybridized carbons (Fsp3) is 0.478. The third kappa shape index (κ3) is 5.30. The molecule has 1 saturated carbocycles. The second-order valence-corrected chi connectivity index (χ2v) is 8.74. The van der Waals surface area contributed by atoms with Crippen LogP contribution in [0.2, 0.25) is 0 Å². The van der Waals surface area contributed by atoms with Crippen LogP contribution in [0, 0.1) is 0 Å². The monoisotopic (exact) mass is 476 g/mol. The molecular weight excluding hydrogens is 449 g/mol. The number of nitrogens with zero attached hydrogens (tertiary/aromatic N) is 4. The Morgan fingerprint density at radius 3 is 2.65 bits per heavy atom. The van der Waals surface area contributed by atoms with Gasteiger partial charge in [-0.2, -0.15) is 13.2 Å². The van der Waals surface area contributed by atoms with Crippen molar-refractivity contribution in [1.82, 2.24) is 24.9 Å². The molecular formula is C23H27F3N6O2. The zero-order valence-corrected chi connectivity index (χ0v) is 18.9. The lowest BCUT2D eigenvalue weighted by molar-refractivity contribution is -0.136. The van der Waals surface area contributed by atoms with E-state index >= 15 is 0 Å². The Balaban J connectivity index is 1.76. The second-order valence-electron chi connectivity index (χ2n) is 8.74. The minimum absolute atomic E-state index is 0.101. The lowest BCUT2D eigenvalue weighted by Crippen LogP contribution is -2.25. The predicted octanol–water partition coefficient (Wildman–Crippen LogP) is 3.92. The molecule has 4 rings (SSSR count). The minimum Gasteiger partial charge on any atom is -0.393 e. The molecule has 3 N–H and O–H groups in total. The van der Waals surface area contributed by atoms with Crippen LogP contribution in [0.3, 0.4) is 0 Å². The topological polar surface area (TPSA) is 104 Å². The van der Waals surface area contributed by atoms with Crippen molar-refractivity contribution in [2.24, 2.45) is 0 Å². The van der Waals surface area contributed by atoms with Crippen molar-refractivity contribution in [3.8, 4) is 11.1 Å². The number of amides is 1. The largest absolute Gasteiger partial charge is 0.393 e. The molecule has 0 unspecified atom stereocenters. The number of halogens is 3. The molecule has 3 aromatic rings. The quantitative estimate of drug-likeness (QED) is 0.498. The third-order valence-corrected chi connectivity index (χ3v) is 6.10. The van der Waals surface area contributed by atoms with Gasteiger partial charge in [-0.25, -0.2) is 9.50 Å². The lowest BCUT2D eigenvalue weighted by atomic mass is 9.85. The van der Waals surface area contributed by atoms with Crippen molar-refractivity contribution in [3.05, 3.63) is 42.0 Å². The van der Waals surface area contributed by atoms with Gasteiger partial charge >= 0.3 is 6.18 Å². The van der Waals surface area contributed by atoms with Crippen LogP contribution < -0.4 is 10.6 Å². The molecule has 0 spiro atoms. The molecule has 1 aliphatic rings. The number of aliphatic hydroxyl groups excluding tert-OH is 1. The van der Waals surface area contributed by atoms with E-state index in [-0.39, 0.29) is 29.6 Å². The Bertz CT molecular complexity index is 1170. The highest BCUT2D eigenvalue weighted by molar-refractivity contribution is 5.94. The van der Waals surface area contributed by atoms with Crippen LogP contribution in [0.25, 0.3) is 16.6 Å². The van der Waals surface area contributed by atoms with Gasteiger partial charge in [0.2, 0.25) is 5.95 Å². The van der Waals surface area contributed by atoms with Gasteiger partial charge in [-0.3, -0.25) is 9.78 Å². The normalized spacial score (nSPS) is 19.7. The molecule has 1 aliphatic carbocycles. The number of carbonyl (C=O) groups is 1. The summed E-state index contributed by atoms with van der Waals surface area (Å²) in [5.41, 5.74) is 3.38. The van der Waals surface area contributed by atoms with Crippen molar-refractivity contribution < 1.29 is 23.1 Å². The molecule has 34 heavy (non-hydrogen) atoms. The highest BCUT2D eigenvalue weighted by Crippen LogP contribution is 2.37. The molecule has 0 aromatic carbocycles. The SMILES string of the molecule is CNC(=O)c1cc(-c2cc([C@H]3CC[C@H](O)CC3)n3nc(N[C@@H](C)CC(F)(F)F)ncc23)ccn1. The predicted molar refractivity (Wildman–Crippen MR) is 121 cm³/mol. The van der Waals surface area contributed by atoms with E-state index in [2.05, 4.69) is 25.7 Å². The van der Waals surface area contributed by atoms with Crippen LogP contribution in [-0.2, 0) is 0 Å². The van der Waals surface area contributed by atoms with Crippen molar-refractivity contribution in [2.45, 2.75) is 63.3 Å². The van der Waals surface area contributed by atoms with Crippen LogP contribution in [-0.4, -0.2) is 56.0 Å². The molecule has 182 valence electrons. The molecule has 1 amide bonds. The van der Waals surface area contributed by atoms with E-state index in [1.165, 1.54) is 14.0 Å². The first-order valence-corrected chi connectivity index (χ1v) is 11.2. The standard InChI is InChI=1S/C23H27F3N6O2/c1-13(11-23(24,25)26)30-22-29-12-20-17(15-7-8-28-18(9-15)21(34)27-2)10-19(32(20)31-22)14-3-5-16(33)6-4-14/h7-10,12-14,16,33H,3-6,11H2,1-2H3,(H,27,34)(H,30,31)/t13-,14-,16-/m0/s1. The van der Waals surface area contributed by atoms with E-state index in [4.69, 9.17) is 0 Å². The van der Waals surface area contributed by atoms with Gasteiger partial charge in [0.25, 0.3) is 5.91 Å². The second kappa shape index (κ2) is 9.57. The van der Waals surface area contributed by atoms with E-state index in [9.17, 15) is 23.1 Å². The summed E-state index contributed by atoms with van der Waals surface area (Å²) in [4.78, 5) is 20.5. The van der Waals surface area contributed by atoms with Crippen molar-refractivity contribution >= 4 is 17.4 Å². The van der Waals surface area contributed by atoms with Crippen molar-refractivity contribution in [1.29, 1.82) is 0 Å².